The van der Waals surface area contributed by atoms with E-state index < -0.39 is 34.1 Å². The van der Waals surface area contributed by atoms with Crippen molar-refractivity contribution in [2.45, 2.75) is 25.0 Å². The molecule has 1 aromatic carbocycles. The van der Waals surface area contributed by atoms with Gasteiger partial charge in [0.25, 0.3) is 0 Å². The second kappa shape index (κ2) is 5.80. The molecule has 1 atom stereocenters. The van der Waals surface area contributed by atoms with Crippen molar-refractivity contribution in [3.8, 4) is 0 Å². The Morgan fingerprint density at radius 2 is 2.00 bits per heavy atom. The second-order valence-corrected chi connectivity index (χ2v) is 5.56. The molecule has 0 radical (unpaired) electrons. The molecular formula is C11H10F3O5S-. The summed E-state index contributed by atoms with van der Waals surface area (Å²) in [5.74, 6) is -2.04. The lowest BCUT2D eigenvalue weighted by Gasteiger charge is -2.19. The van der Waals surface area contributed by atoms with Gasteiger partial charge in [-0.05, 0) is 12.5 Å². The van der Waals surface area contributed by atoms with Crippen molar-refractivity contribution in [2.75, 3.05) is 0 Å². The molecule has 20 heavy (non-hydrogen) atoms. The Bertz CT molecular complexity index is 594. The van der Waals surface area contributed by atoms with Gasteiger partial charge in [0.05, 0.1) is 5.97 Å². The van der Waals surface area contributed by atoms with Crippen molar-refractivity contribution >= 4 is 16.1 Å². The molecule has 0 aromatic heterocycles. The molecule has 0 aliphatic carbocycles. The normalized spacial score (nSPS) is 14.0. The molecule has 112 valence electrons. The van der Waals surface area contributed by atoms with Crippen LogP contribution in [0.1, 0.15) is 11.1 Å². The van der Waals surface area contributed by atoms with Crippen molar-refractivity contribution in [1.82, 2.24) is 0 Å². The fourth-order valence-electron chi connectivity index (χ4n) is 1.42. The number of hydrogen-bond donors (Lipinski definition) is 0. The Balaban J connectivity index is 2.95. The number of alkyl halides is 3. The number of rotatable bonds is 5. The topological polar surface area (TPSA) is 83.5 Å². The number of hydrogen-bond acceptors (Lipinski definition) is 5. The molecule has 0 heterocycles. The van der Waals surface area contributed by atoms with Crippen molar-refractivity contribution in [1.29, 1.82) is 0 Å². The number of carboxylic acid groups (broad SMARTS) is 1. The first-order valence-corrected chi connectivity index (χ1v) is 6.70. The molecule has 0 saturated heterocycles. The van der Waals surface area contributed by atoms with Crippen LogP contribution in [-0.4, -0.2) is 26.0 Å². The number of aryl methyl sites for hydroxylation is 1. The number of carboxylic acids is 1. The van der Waals surface area contributed by atoms with Gasteiger partial charge in [-0.15, -0.1) is 0 Å². The molecule has 0 spiro atoms. The van der Waals surface area contributed by atoms with Crippen LogP contribution in [0.15, 0.2) is 24.3 Å². The zero-order valence-electron chi connectivity index (χ0n) is 10.2. The van der Waals surface area contributed by atoms with Crippen molar-refractivity contribution < 1.29 is 35.7 Å². The van der Waals surface area contributed by atoms with E-state index in [9.17, 15) is 31.5 Å². The van der Waals surface area contributed by atoms with Crippen LogP contribution >= 0.6 is 0 Å². The molecular weight excluding hydrogens is 301 g/mol. The van der Waals surface area contributed by atoms with Gasteiger partial charge in [-0.3, -0.25) is 4.18 Å². The van der Waals surface area contributed by atoms with Crippen LogP contribution in [0.4, 0.5) is 13.2 Å². The van der Waals surface area contributed by atoms with E-state index in [2.05, 4.69) is 4.18 Å². The summed E-state index contributed by atoms with van der Waals surface area (Å²) in [5.41, 5.74) is -4.64. The minimum Gasteiger partial charge on any atom is -0.547 e. The molecule has 9 heteroatoms. The third-order valence-electron chi connectivity index (χ3n) is 2.29. The Hall–Kier alpha value is -1.61. The molecule has 0 aliphatic rings. The van der Waals surface area contributed by atoms with E-state index in [0.29, 0.717) is 5.56 Å². The quantitative estimate of drug-likeness (QED) is 0.585. The minimum atomic E-state index is -5.99. The summed E-state index contributed by atoms with van der Waals surface area (Å²) in [4.78, 5) is 10.7. The first-order valence-electron chi connectivity index (χ1n) is 5.29. The first kappa shape index (κ1) is 16.4. The van der Waals surface area contributed by atoms with Crippen molar-refractivity contribution in [3.63, 3.8) is 0 Å². The lowest BCUT2D eigenvalue weighted by molar-refractivity contribution is -0.313. The van der Waals surface area contributed by atoms with Crippen LogP contribution in [-0.2, 0) is 25.5 Å². The summed E-state index contributed by atoms with van der Waals surface area (Å²) in [6, 6.07) is 6.17. The van der Waals surface area contributed by atoms with Gasteiger partial charge in [0.2, 0.25) is 0 Å². The van der Waals surface area contributed by atoms with E-state index >= 15 is 0 Å². The van der Waals surface area contributed by atoms with Gasteiger partial charge >= 0.3 is 15.6 Å². The number of carbonyl (C=O) groups is 1. The van der Waals surface area contributed by atoms with E-state index in [1.54, 1.807) is 19.1 Å². The Labute approximate surface area is 113 Å². The van der Waals surface area contributed by atoms with Crippen LogP contribution in [0.2, 0.25) is 0 Å². The maximum absolute atomic E-state index is 12.1. The SMILES string of the molecule is Cc1cccc(C[C@@H](OS(=O)(=O)C(F)(F)F)C(=O)[O-])c1. The molecule has 1 rings (SSSR count). The summed E-state index contributed by atoms with van der Waals surface area (Å²) in [6.45, 7) is 1.69. The van der Waals surface area contributed by atoms with E-state index in [0.717, 1.165) is 5.56 Å². The van der Waals surface area contributed by atoms with Crippen LogP contribution < -0.4 is 5.11 Å². The molecule has 0 unspecified atom stereocenters. The maximum atomic E-state index is 12.1. The van der Waals surface area contributed by atoms with Crippen molar-refractivity contribution in [2.24, 2.45) is 0 Å². The highest BCUT2D eigenvalue weighted by Gasteiger charge is 2.48. The summed E-state index contributed by atoms with van der Waals surface area (Å²) < 4.78 is 61.7. The van der Waals surface area contributed by atoms with E-state index in [4.69, 9.17) is 0 Å². The molecule has 0 aliphatic heterocycles. The average Bonchev–Trinajstić information content (AvgIpc) is 2.26. The minimum absolute atomic E-state index is 0.316. The largest absolute Gasteiger partial charge is 0.547 e. The van der Waals surface area contributed by atoms with Crippen LogP contribution in [0.25, 0.3) is 0 Å². The zero-order valence-corrected chi connectivity index (χ0v) is 11.0. The predicted molar refractivity (Wildman–Crippen MR) is 59.7 cm³/mol. The first-order chi connectivity index (χ1) is 9.03. The Morgan fingerprint density at radius 1 is 1.40 bits per heavy atom. The Morgan fingerprint density at radius 3 is 2.45 bits per heavy atom. The van der Waals surface area contributed by atoms with Crippen LogP contribution in [0.3, 0.4) is 0 Å². The van der Waals surface area contributed by atoms with Gasteiger partial charge in [0, 0.05) is 6.42 Å². The molecule has 0 amide bonds. The lowest BCUT2D eigenvalue weighted by Crippen LogP contribution is -2.42. The highest BCUT2D eigenvalue weighted by molar-refractivity contribution is 7.87. The summed E-state index contributed by atoms with van der Waals surface area (Å²) >= 11 is 0. The fraction of sp³-hybridized carbons (Fsp3) is 0.364. The molecule has 5 nitrogen and oxygen atoms in total. The van der Waals surface area contributed by atoms with Gasteiger partial charge in [-0.1, -0.05) is 29.8 Å². The Kier molecular flexibility index (Phi) is 4.77. The number of aliphatic carboxylic acids is 1. The molecule has 1 aromatic rings. The molecule has 0 N–H and O–H groups in total. The molecule has 0 bridgehead atoms. The van der Waals surface area contributed by atoms with E-state index in [1.165, 1.54) is 12.1 Å². The smallest absolute Gasteiger partial charge is 0.523 e. The fourth-order valence-corrected chi connectivity index (χ4v) is 1.98. The number of carbonyl (C=O) groups excluding carboxylic acids is 1. The summed E-state index contributed by atoms with van der Waals surface area (Å²) in [5, 5.41) is 10.7. The monoisotopic (exact) mass is 311 g/mol. The van der Waals surface area contributed by atoms with Gasteiger partial charge in [0.1, 0.15) is 6.10 Å². The average molecular weight is 311 g/mol. The van der Waals surface area contributed by atoms with Gasteiger partial charge in [-0.25, -0.2) is 0 Å². The third-order valence-corrected chi connectivity index (χ3v) is 3.35. The van der Waals surface area contributed by atoms with E-state index in [1.807, 2.05) is 0 Å². The maximum Gasteiger partial charge on any atom is 0.523 e. The number of benzene rings is 1. The standard InChI is InChI=1S/C11H11F3O5S/c1-7-3-2-4-8(5-7)6-9(10(15)16)19-20(17,18)11(12,13)14/h2-5,9H,6H2,1H3,(H,15,16)/p-1/t9-/m1/s1. The third kappa shape index (κ3) is 4.20. The number of halogens is 3. The highest BCUT2D eigenvalue weighted by Crippen LogP contribution is 2.26. The van der Waals surface area contributed by atoms with Crippen LogP contribution in [0.5, 0.6) is 0 Å². The van der Waals surface area contributed by atoms with Gasteiger partial charge in [0.15, 0.2) is 0 Å². The molecule has 0 saturated carbocycles. The zero-order chi connectivity index (χ0) is 15.6. The van der Waals surface area contributed by atoms with Gasteiger partial charge in [-0.2, -0.15) is 21.6 Å². The summed E-state index contributed by atoms with van der Waals surface area (Å²) in [7, 11) is -5.99. The molecule has 0 fully saturated rings. The predicted octanol–water partition coefficient (Wildman–Crippen LogP) is 0.522. The second-order valence-electron chi connectivity index (χ2n) is 4.00. The highest BCUT2D eigenvalue weighted by atomic mass is 32.2. The van der Waals surface area contributed by atoms with Crippen LogP contribution in [0, 0.1) is 6.92 Å². The van der Waals surface area contributed by atoms with Gasteiger partial charge < -0.3 is 9.90 Å². The van der Waals surface area contributed by atoms with E-state index in [-0.39, 0.29) is 0 Å². The lowest BCUT2D eigenvalue weighted by atomic mass is 10.1. The van der Waals surface area contributed by atoms with Crippen molar-refractivity contribution in [3.05, 3.63) is 35.4 Å². The summed E-state index contributed by atoms with van der Waals surface area (Å²) in [6.07, 6.45) is -2.80.